The van der Waals surface area contributed by atoms with Crippen LogP contribution in [0.5, 0.6) is 0 Å². The van der Waals surface area contributed by atoms with Crippen molar-refractivity contribution in [2.45, 2.75) is 46.1 Å². The number of nitrogens with one attached hydrogen (secondary N) is 2. The Labute approximate surface area is 132 Å². The third-order valence-corrected chi connectivity index (χ3v) is 4.22. The summed E-state index contributed by atoms with van der Waals surface area (Å²) in [5.74, 6) is 2.09. The Balaban J connectivity index is 1.80. The van der Waals surface area contributed by atoms with Crippen LogP contribution in [0, 0.1) is 5.41 Å². The van der Waals surface area contributed by atoms with Crippen molar-refractivity contribution in [1.29, 1.82) is 0 Å². The first kappa shape index (κ1) is 16.8. The molecule has 22 heavy (non-hydrogen) atoms. The van der Waals surface area contributed by atoms with E-state index in [1.54, 1.807) is 7.05 Å². The zero-order chi connectivity index (χ0) is 16.0. The van der Waals surface area contributed by atoms with Crippen molar-refractivity contribution in [3.8, 4) is 0 Å². The number of hydrogen-bond acceptors (Lipinski definition) is 4. The van der Waals surface area contributed by atoms with Crippen molar-refractivity contribution >= 4 is 5.96 Å². The SMILES string of the molecule is CCC(CC)c1cc(CNC(=NC)NCC2(C)COC2)on1. The summed E-state index contributed by atoms with van der Waals surface area (Å²) in [6.07, 6.45) is 2.17. The van der Waals surface area contributed by atoms with E-state index in [-0.39, 0.29) is 5.41 Å². The van der Waals surface area contributed by atoms with Crippen molar-refractivity contribution in [3.05, 3.63) is 17.5 Å². The molecule has 124 valence electrons. The van der Waals surface area contributed by atoms with E-state index in [0.29, 0.717) is 12.5 Å². The molecule has 0 amide bonds. The summed E-state index contributed by atoms with van der Waals surface area (Å²) < 4.78 is 10.7. The summed E-state index contributed by atoms with van der Waals surface area (Å²) in [6, 6.07) is 2.04. The van der Waals surface area contributed by atoms with Gasteiger partial charge in [0.05, 0.1) is 25.5 Å². The van der Waals surface area contributed by atoms with E-state index < -0.39 is 0 Å². The summed E-state index contributed by atoms with van der Waals surface area (Å²) in [4.78, 5) is 4.23. The van der Waals surface area contributed by atoms with Gasteiger partial charge in [-0.25, -0.2) is 0 Å². The third-order valence-electron chi connectivity index (χ3n) is 4.22. The number of aliphatic imine (C=N–C) groups is 1. The third kappa shape index (κ3) is 4.22. The first-order valence-corrected chi connectivity index (χ1v) is 8.08. The Bertz CT molecular complexity index is 490. The van der Waals surface area contributed by atoms with Gasteiger partial charge in [0.2, 0.25) is 0 Å². The largest absolute Gasteiger partial charge is 0.380 e. The fraction of sp³-hybridized carbons (Fsp3) is 0.750. The molecule has 0 radical (unpaired) electrons. The molecule has 0 unspecified atom stereocenters. The lowest BCUT2D eigenvalue weighted by Crippen LogP contribution is -2.50. The second kappa shape index (κ2) is 7.63. The highest BCUT2D eigenvalue weighted by molar-refractivity contribution is 5.79. The van der Waals surface area contributed by atoms with Crippen LogP contribution in [0.2, 0.25) is 0 Å². The molecule has 1 aromatic rings. The zero-order valence-corrected chi connectivity index (χ0v) is 14.1. The van der Waals surface area contributed by atoms with Gasteiger partial charge in [-0.15, -0.1) is 0 Å². The van der Waals surface area contributed by atoms with Crippen molar-refractivity contribution in [1.82, 2.24) is 15.8 Å². The summed E-state index contributed by atoms with van der Waals surface area (Å²) >= 11 is 0. The highest BCUT2D eigenvalue weighted by Gasteiger charge is 2.33. The molecule has 1 aliphatic heterocycles. The van der Waals surface area contributed by atoms with Gasteiger partial charge >= 0.3 is 0 Å². The fourth-order valence-electron chi connectivity index (χ4n) is 2.55. The summed E-state index contributed by atoms with van der Waals surface area (Å²) in [5.41, 5.74) is 1.26. The van der Waals surface area contributed by atoms with E-state index in [2.05, 4.69) is 41.6 Å². The lowest BCUT2D eigenvalue weighted by molar-refractivity contribution is -0.0971. The van der Waals surface area contributed by atoms with E-state index in [0.717, 1.165) is 50.0 Å². The number of aromatic nitrogens is 1. The van der Waals surface area contributed by atoms with E-state index >= 15 is 0 Å². The summed E-state index contributed by atoms with van der Waals surface area (Å²) in [5, 5.41) is 10.8. The number of ether oxygens (including phenoxy) is 1. The van der Waals surface area contributed by atoms with Gasteiger partial charge in [-0.2, -0.15) is 0 Å². The van der Waals surface area contributed by atoms with E-state index in [4.69, 9.17) is 9.26 Å². The number of hydrogen-bond donors (Lipinski definition) is 2. The van der Waals surface area contributed by atoms with Crippen LogP contribution >= 0.6 is 0 Å². The van der Waals surface area contributed by atoms with Crippen molar-refractivity contribution in [2.24, 2.45) is 10.4 Å². The second-order valence-corrected chi connectivity index (χ2v) is 6.31. The van der Waals surface area contributed by atoms with Crippen molar-refractivity contribution in [2.75, 3.05) is 26.8 Å². The Morgan fingerprint density at radius 2 is 2.09 bits per heavy atom. The van der Waals surface area contributed by atoms with Gasteiger partial charge in [-0.05, 0) is 12.8 Å². The van der Waals surface area contributed by atoms with Gasteiger partial charge in [0.15, 0.2) is 11.7 Å². The Kier molecular flexibility index (Phi) is 5.83. The minimum Gasteiger partial charge on any atom is -0.380 e. The molecule has 2 N–H and O–H groups in total. The molecule has 1 aliphatic rings. The average molecular weight is 308 g/mol. The Morgan fingerprint density at radius 3 is 2.64 bits per heavy atom. The molecule has 0 aromatic carbocycles. The molecule has 1 aromatic heterocycles. The molecule has 1 saturated heterocycles. The smallest absolute Gasteiger partial charge is 0.191 e. The van der Waals surface area contributed by atoms with Crippen molar-refractivity contribution in [3.63, 3.8) is 0 Å². The monoisotopic (exact) mass is 308 g/mol. The molecule has 2 heterocycles. The molecule has 0 spiro atoms. The zero-order valence-electron chi connectivity index (χ0n) is 14.1. The van der Waals surface area contributed by atoms with Crippen LogP contribution in [0.4, 0.5) is 0 Å². The molecule has 0 bridgehead atoms. The molecule has 2 rings (SSSR count). The second-order valence-electron chi connectivity index (χ2n) is 6.31. The lowest BCUT2D eigenvalue weighted by Gasteiger charge is -2.38. The number of nitrogens with zero attached hydrogens (tertiary/aromatic N) is 2. The van der Waals surface area contributed by atoms with Gasteiger partial charge in [-0.1, -0.05) is 25.9 Å². The van der Waals surface area contributed by atoms with Crippen LogP contribution in [0.15, 0.2) is 15.6 Å². The molecule has 6 nitrogen and oxygen atoms in total. The minimum absolute atomic E-state index is 0.215. The summed E-state index contributed by atoms with van der Waals surface area (Å²) in [6.45, 7) is 9.60. The van der Waals surface area contributed by atoms with Gasteiger partial charge in [0.1, 0.15) is 0 Å². The maximum atomic E-state index is 5.41. The summed E-state index contributed by atoms with van der Waals surface area (Å²) in [7, 11) is 1.77. The quantitative estimate of drug-likeness (QED) is 0.597. The molecule has 0 saturated carbocycles. The molecule has 1 fully saturated rings. The van der Waals surface area contributed by atoms with Crippen LogP contribution in [0.1, 0.15) is 51.0 Å². The minimum atomic E-state index is 0.215. The molecular weight excluding hydrogens is 280 g/mol. The fourth-order valence-corrected chi connectivity index (χ4v) is 2.55. The van der Waals surface area contributed by atoms with E-state index in [1.165, 1.54) is 0 Å². The van der Waals surface area contributed by atoms with Crippen molar-refractivity contribution < 1.29 is 9.26 Å². The van der Waals surface area contributed by atoms with Crippen LogP contribution < -0.4 is 10.6 Å². The highest BCUT2D eigenvalue weighted by Crippen LogP contribution is 2.25. The van der Waals surface area contributed by atoms with E-state index in [9.17, 15) is 0 Å². The Hall–Kier alpha value is -1.56. The van der Waals surface area contributed by atoms with Gasteiger partial charge in [0.25, 0.3) is 0 Å². The van der Waals surface area contributed by atoms with Crippen LogP contribution in [0.25, 0.3) is 0 Å². The topological polar surface area (TPSA) is 71.7 Å². The van der Waals surface area contributed by atoms with Gasteiger partial charge in [-0.3, -0.25) is 4.99 Å². The maximum Gasteiger partial charge on any atom is 0.191 e. The predicted octanol–water partition coefficient (Wildman–Crippen LogP) is 2.28. The molecular formula is C16H28N4O2. The van der Waals surface area contributed by atoms with E-state index in [1.807, 2.05) is 6.07 Å². The number of rotatable bonds is 7. The van der Waals surface area contributed by atoms with Crippen LogP contribution in [-0.4, -0.2) is 37.9 Å². The highest BCUT2D eigenvalue weighted by atomic mass is 16.5. The predicted molar refractivity (Wildman–Crippen MR) is 87.0 cm³/mol. The lowest BCUT2D eigenvalue weighted by atomic mass is 9.89. The van der Waals surface area contributed by atoms with Gasteiger partial charge < -0.3 is 19.9 Å². The normalized spacial score (nSPS) is 17.4. The first-order chi connectivity index (χ1) is 10.6. The first-order valence-electron chi connectivity index (χ1n) is 8.08. The standard InChI is InChI=1S/C16H28N4O2/c1-5-12(6-2)14-7-13(22-20-14)8-18-15(17-4)19-9-16(3)10-21-11-16/h7,12H,5-6,8-11H2,1-4H3,(H2,17,18,19). The Morgan fingerprint density at radius 1 is 1.36 bits per heavy atom. The maximum absolute atomic E-state index is 5.41. The molecule has 6 heteroatoms. The van der Waals surface area contributed by atoms with Crippen LogP contribution in [0.3, 0.4) is 0 Å². The van der Waals surface area contributed by atoms with Crippen LogP contribution in [-0.2, 0) is 11.3 Å². The average Bonchev–Trinajstić information content (AvgIpc) is 2.95. The molecule has 0 aliphatic carbocycles. The van der Waals surface area contributed by atoms with Gasteiger partial charge in [0, 0.05) is 31.0 Å². The molecule has 0 atom stereocenters. The number of guanidine groups is 1.